The van der Waals surface area contributed by atoms with Gasteiger partial charge in [0, 0.05) is 11.1 Å². The van der Waals surface area contributed by atoms with E-state index >= 15 is 0 Å². The topological polar surface area (TPSA) is 80.7 Å². The molecule has 0 amide bonds. The Labute approximate surface area is 157 Å². The lowest BCUT2D eigenvalue weighted by atomic mass is 9.97. The van der Waals surface area contributed by atoms with Crippen molar-refractivity contribution in [2.75, 3.05) is 0 Å². The molecule has 2 aromatic rings. The lowest BCUT2D eigenvalue weighted by molar-refractivity contribution is 0.466. The summed E-state index contributed by atoms with van der Waals surface area (Å²) in [5.41, 5.74) is 2.51. The van der Waals surface area contributed by atoms with Crippen LogP contribution in [0, 0.1) is 34.0 Å². The quantitative estimate of drug-likeness (QED) is 0.632. The summed E-state index contributed by atoms with van der Waals surface area (Å²) >= 11 is 0. The molecule has 4 heteroatoms. The van der Waals surface area contributed by atoms with Crippen molar-refractivity contribution in [3.05, 3.63) is 101 Å². The fourth-order valence-corrected chi connectivity index (χ4v) is 2.66. The molecule has 0 aromatic heterocycles. The summed E-state index contributed by atoms with van der Waals surface area (Å²) in [6.07, 6.45) is 5.30. The number of rotatable bonds is 4. The Morgan fingerprint density at radius 1 is 0.889 bits per heavy atom. The van der Waals surface area contributed by atoms with E-state index in [-0.39, 0.29) is 5.57 Å². The fraction of sp³-hybridized carbons (Fsp3) is 0.0435. The van der Waals surface area contributed by atoms with E-state index in [9.17, 15) is 5.26 Å². The van der Waals surface area contributed by atoms with Crippen molar-refractivity contribution in [2.45, 2.75) is 0 Å². The largest absolute Gasteiger partial charge is 0.456 e. The van der Waals surface area contributed by atoms with E-state index in [0.717, 1.165) is 16.7 Å². The summed E-state index contributed by atoms with van der Waals surface area (Å²) in [6.45, 7) is 0. The summed E-state index contributed by atoms with van der Waals surface area (Å²) in [5, 5.41) is 25.7. The first-order valence-electron chi connectivity index (χ1n) is 8.28. The number of nitriles is 2. The van der Waals surface area contributed by atoms with Gasteiger partial charge >= 0.3 is 0 Å². The Hall–Kier alpha value is -4.11. The molecular weight excluding hydrogens is 334 g/mol. The standard InChI is InChI=1S/C23H15N3O/c24-14-20(21(15-25)16-26)11-17-12-22(18-7-3-1-4-8-18)27-23(13-17)19-9-5-2-6-10-19/h1-13,20,25H. The third kappa shape index (κ3) is 4.11. The van der Waals surface area contributed by atoms with Crippen LogP contribution in [0.5, 0.6) is 0 Å². The monoisotopic (exact) mass is 349 g/mol. The molecule has 0 bridgehead atoms. The minimum absolute atomic E-state index is 0.0270. The number of hydrogen-bond donors (Lipinski definition) is 1. The van der Waals surface area contributed by atoms with Gasteiger partial charge in [0.2, 0.25) is 0 Å². The fourth-order valence-electron chi connectivity index (χ4n) is 2.66. The van der Waals surface area contributed by atoms with Gasteiger partial charge in [0.15, 0.2) is 0 Å². The summed E-state index contributed by atoms with van der Waals surface area (Å²) in [4.78, 5) is 0. The molecule has 1 unspecified atom stereocenters. The number of benzene rings is 2. The van der Waals surface area contributed by atoms with Crippen LogP contribution in [0.4, 0.5) is 0 Å². The van der Waals surface area contributed by atoms with E-state index < -0.39 is 5.92 Å². The average Bonchev–Trinajstić information content (AvgIpc) is 2.75. The summed E-state index contributed by atoms with van der Waals surface area (Å²) in [7, 11) is 0. The van der Waals surface area contributed by atoms with Crippen LogP contribution in [-0.2, 0) is 4.74 Å². The first-order valence-corrected chi connectivity index (χ1v) is 8.28. The molecule has 1 heterocycles. The molecule has 1 aliphatic rings. The van der Waals surface area contributed by atoms with Crippen LogP contribution in [0.15, 0.2) is 90.0 Å². The number of ether oxygens (including phenoxy) is 1. The first kappa shape index (κ1) is 17.7. The number of nitrogens with zero attached hydrogens (tertiary/aromatic N) is 2. The van der Waals surface area contributed by atoms with Gasteiger partial charge in [-0.15, -0.1) is 0 Å². The maximum absolute atomic E-state index is 9.39. The third-order valence-corrected chi connectivity index (χ3v) is 4.00. The van der Waals surface area contributed by atoms with Gasteiger partial charge in [-0.1, -0.05) is 66.7 Å². The minimum Gasteiger partial charge on any atom is -0.456 e. The number of nitrogens with one attached hydrogen (secondary N) is 1. The van der Waals surface area contributed by atoms with Crippen molar-refractivity contribution in [2.24, 2.45) is 5.92 Å². The highest BCUT2D eigenvalue weighted by molar-refractivity contribution is 5.78. The summed E-state index contributed by atoms with van der Waals surface area (Å²) in [5.74, 6) is 2.50. The van der Waals surface area contributed by atoms with Crippen LogP contribution in [0.25, 0.3) is 11.5 Å². The van der Waals surface area contributed by atoms with Gasteiger partial charge < -0.3 is 4.74 Å². The van der Waals surface area contributed by atoms with E-state index in [1.165, 1.54) is 0 Å². The van der Waals surface area contributed by atoms with Gasteiger partial charge in [0.25, 0.3) is 0 Å². The average molecular weight is 349 g/mol. The molecule has 0 saturated carbocycles. The maximum atomic E-state index is 9.39. The van der Waals surface area contributed by atoms with Gasteiger partial charge in [-0.3, -0.25) is 5.41 Å². The molecule has 4 nitrogen and oxygen atoms in total. The van der Waals surface area contributed by atoms with Gasteiger partial charge in [-0.25, -0.2) is 0 Å². The van der Waals surface area contributed by atoms with Gasteiger partial charge in [-0.2, -0.15) is 10.5 Å². The normalized spacial score (nSPS) is 13.6. The molecule has 0 aliphatic carbocycles. The maximum Gasteiger partial charge on any atom is 0.135 e. The predicted octanol–water partition coefficient (Wildman–Crippen LogP) is 4.86. The van der Waals surface area contributed by atoms with Crippen molar-refractivity contribution in [3.8, 4) is 12.1 Å². The zero-order valence-electron chi connectivity index (χ0n) is 14.4. The van der Waals surface area contributed by atoms with Gasteiger partial charge in [-0.05, 0) is 23.6 Å². The van der Waals surface area contributed by atoms with Crippen molar-refractivity contribution < 1.29 is 4.74 Å². The second-order valence-corrected chi connectivity index (χ2v) is 5.78. The van der Waals surface area contributed by atoms with Crippen molar-refractivity contribution in [3.63, 3.8) is 0 Å². The summed E-state index contributed by atoms with van der Waals surface area (Å²) < 4.78 is 6.09. The van der Waals surface area contributed by atoms with Crippen molar-refractivity contribution in [1.29, 1.82) is 15.9 Å². The Bertz CT molecular complexity index is 1000. The lowest BCUT2D eigenvalue weighted by Gasteiger charge is -2.19. The molecule has 0 fully saturated rings. The predicted molar refractivity (Wildman–Crippen MR) is 104 cm³/mol. The van der Waals surface area contributed by atoms with E-state index in [2.05, 4.69) is 0 Å². The second kappa shape index (κ2) is 8.32. The molecule has 1 atom stereocenters. The number of allylic oxidation sites excluding steroid dienone is 5. The molecule has 0 saturated heterocycles. The first-order chi connectivity index (χ1) is 13.2. The van der Waals surface area contributed by atoms with Gasteiger partial charge in [0.05, 0.1) is 6.07 Å². The third-order valence-electron chi connectivity index (χ3n) is 4.00. The van der Waals surface area contributed by atoms with E-state index in [1.807, 2.05) is 90.8 Å². The van der Waals surface area contributed by atoms with Gasteiger partial charge in [0.1, 0.15) is 29.1 Å². The van der Waals surface area contributed by atoms with E-state index in [1.54, 1.807) is 6.08 Å². The molecule has 128 valence electrons. The van der Waals surface area contributed by atoms with Crippen LogP contribution in [0.2, 0.25) is 0 Å². The smallest absolute Gasteiger partial charge is 0.135 e. The van der Waals surface area contributed by atoms with Crippen molar-refractivity contribution >= 4 is 17.4 Å². The highest BCUT2D eigenvalue weighted by Crippen LogP contribution is 2.32. The van der Waals surface area contributed by atoms with Crippen LogP contribution < -0.4 is 0 Å². The SMILES string of the molecule is N#CC(=C=N)C(C#N)C=C1C=C(c2ccccc2)OC(c2ccccc2)=C1. The minimum atomic E-state index is -0.845. The number of hydrogen-bond acceptors (Lipinski definition) is 4. The highest BCUT2D eigenvalue weighted by atomic mass is 16.5. The van der Waals surface area contributed by atoms with E-state index in [0.29, 0.717) is 11.5 Å². The molecular formula is C23H15N3O. The Kier molecular flexibility index (Phi) is 5.45. The molecule has 1 aliphatic heterocycles. The Morgan fingerprint density at radius 3 is 1.81 bits per heavy atom. The van der Waals surface area contributed by atoms with Crippen LogP contribution in [-0.4, -0.2) is 5.87 Å². The zero-order valence-corrected chi connectivity index (χ0v) is 14.4. The molecule has 1 N–H and O–H groups in total. The highest BCUT2D eigenvalue weighted by Gasteiger charge is 2.17. The molecule has 27 heavy (non-hydrogen) atoms. The Morgan fingerprint density at radius 2 is 1.41 bits per heavy atom. The van der Waals surface area contributed by atoms with Crippen molar-refractivity contribution in [1.82, 2.24) is 0 Å². The summed E-state index contributed by atoms with van der Waals surface area (Å²) in [6, 6.07) is 23.2. The Balaban J connectivity index is 2.09. The molecule has 0 radical (unpaired) electrons. The second-order valence-electron chi connectivity index (χ2n) is 5.78. The van der Waals surface area contributed by atoms with Crippen LogP contribution in [0.3, 0.4) is 0 Å². The van der Waals surface area contributed by atoms with E-state index in [4.69, 9.17) is 15.4 Å². The van der Waals surface area contributed by atoms with Crippen LogP contribution >= 0.6 is 0 Å². The molecule has 0 spiro atoms. The lowest BCUT2D eigenvalue weighted by Crippen LogP contribution is -2.02. The molecule has 3 rings (SSSR count). The molecule has 2 aromatic carbocycles. The zero-order chi connectivity index (χ0) is 19.1. The van der Waals surface area contributed by atoms with Crippen LogP contribution in [0.1, 0.15) is 11.1 Å².